The molecule has 0 saturated carbocycles. The second kappa shape index (κ2) is 18.5. The van der Waals surface area contributed by atoms with Crippen LogP contribution in [0.4, 0.5) is 0 Å². The highest BCUT2D eigenvalue weighted by atomic mass is 16.8. The molecule has 0 aliphatic carbocycles. The standard InChI is InChI=1S/C35H58O18/c1-14-28(40)33(43-9)34(49-19(6)36)35(48-14)53-32-18(5)47-27(13-23(32)42-8)51-30-16(3)45-25(10-20(30)37)50-29-15(2)46-26(11-21(29)38)52-31-17(4)44-24(39)12-22(31)41-7/h14-18,20-23,25-35,37-38,40H,10-13H2,1-9H3. The fraction of sp³-hybridized carbons (Fsp3) is 0.943. The van der Waals surface area contributed by atoms with Gasteiger partial charge >= 0.3 is 11.9 Å². The molecule has 5 saturated heterocycles. The number of carbonyl (C=O) groups is 2. The van der Waals surface area contributed by atoms with Crippen LogP contribution in [-0.4, -0.2) is 171 Å². The van der Waals surface area contributed by atoms with Gasteiger partial charge in [-0.25, -0.2) is 0 Å². The summed E-state index contributed by atoms with van der Waals surface area (Å²) in [4.78, 5) is 23.8. The van der Waals surface area contributed by atoms with E-state index in [9.17, 15) is 24.9 Å². The maximum atomic E-state index is 11.9. The molecule has 5 fully saturated rings. The van der Waals surface area contributed by atoms with Crippen LogP contribution in [0.15, 0.2) is 0 Å². The van der Waals surface area contributed by atoms with Gasteiger partial charge in [0.15, 0.2) is 31.3 Å². The molecule has 20 unspecified atom stereocenters. The van der Waals surface area contributed by atoms with Crippen LogP contribution in [-0.2, 0) is 71.2 Å². The van der Waals surface area contributed by atoms with Crippen LogP contribution >= 0.6 is 0 Å². The minimum absolute atomic E-state index is 0.0499. The Morgan fingerprint density at radius 1 is 0.585 bits per heavy atom. The number of carbonyl (C=O) groups excluding carboxylic acids is 2. The van der Waals surface area contributed by atoms with Crippen molar-refractivity contribution >= 4 is 11.9 Å². The van der Waals surface area contributed by atoms with Gasteiger partial charge in [-0.2, -0.15) is 0 Å². The number of aliphatic hydroxyl groups is 3. The highest BCUT2D eigenvalue weighted by Crippen LogP contribution is 2.35. The van der Waals surface area contributed by atoms with Gasteiger partial charge in [-0.05, 0) is 34.6 Å². The predicted octanol–water partition coefficient (Wildman–Crippen LogP) is 0.0715. The molecule has 0 aromatic rings. The second-order valence-corrected chi connectivity index (χ2v) is 14.5. The summed E-state index contributed by atoms with van der Waals surface area (Å²) in [6.45, 7) is 9.90. The SMILES string of the molecule is COC1CC(=O)OC(C)C1OC1CC(O)C(OC2CC(O)C(OC3CC(OC)C(OC4OC(C)C(O)C(OC)C4OC(C)=O)C(C)O3)C(C)O2)C(C)O1. The summed E-state index contributed by atoms with van der Waals surface area (Å²) in [7, 11) is 4.43. The van der Waals surface area contributed by atoms with Crippen LogP contribution in [0.2, 0.25) is 0 Å². The topological polar surface area (TPSA) is 215 Å². The van der Waals surface area contributed by atoms with Crippen LogP contribution in [0.1, 0.15) is 67.2 Å². The fourth-order valence-electron chi connectivity index (χ4n) is 7.81. The number of hydrogen-bond acceptors (Lipinski definition) is 18. The van der Waals surface area contributed by atoms with E-state index in [1.165, 1.54) is 28.3 Å². The van der Waals surface area contributed by atoms with Gasteiger partial charge in [0.25, 0.3) is 0 Å². The maximum Gasteiger partial charge on any atom is 0.308 e. The molecule has 306 valence electrons. The lowest BCUT2D eigenvalue weighted by Crippen LogP contribution is -2.62. The summed E-state index contributed by atoms with van der Waals surface area (Å²) in [6, 6.07) is 0. The predicted molar refractivity (Wildman–Crippen MR) is 177 cm³/mol. The number of methoxy groups -OCH3 is 3. The normalized spacial score (nSPS) is 48.2. The summed E-state index contributed by atoms with van der Waals surface area (Å²) in [5.41, 5.74) is 0. The molecule has 3 N–H and O–H groups in total. The average molecular weight is 767 g/mol. The highest BCUT2D eigenvalue weighted by molar-refractivity contribution is 5.71. The van der Waals surface area contributed by atoms with E-state index in [2.05, 4.69) is 0 Å². The second-order valence-electron chi connectivity index (χ2n) is 14.5. The Bertz CT molecular complexity index is 1170. The van der Waals surface area contributed by atoms with Crippen molar-refractivity contribution in [3.05, 3.63) is 0 Å². The average Bonchev–Trinajstić information content (AvgIpc) is 3.08. The molecule has 0 amide bonds. The van der Waals surface area contributed by atoms with Crippen molar-refractivity contribution in [1.82, 2.24) is 0 Å². The molecule has 0 radical (unpaired) electrons. The zero-order valence-electron chi connectivity index (χ0n) is 31.8. The van der Waals surface area contributed by atoms with Crippen molar-refractivity contribution in [1.29, 1.82) is 0 Å². The van der Waals surface area contributed by atoms with E-state index in [4.69, 9.17) is 61.6 Å². The first-order valence-corrected chi connectivity index (χ1v) is 18.4. The van der Waals surface area contributed by atoms with Crippen molar-refractivity contribution in [2.75, 3.05) is 21.3 Å². The van der Waals surface area contributed by atoms with Crippen LogP contribution in [0.3, 0.4) is 0 Å². The Kier molecular flexibility index (Phi) is 14.9. The molecule has 5 aliphatic rings. The minimum atomic E-state index is -1.08. The smallest absolute Gasteiger partial charge is 0.308 e. The van der Waals surface area contributed by atoms with Gasteiger partial charge in [0, 0.05) is 47.5 Å². The van der Waals surface area contributed by atoms with Crippen molar-refractivity contribution in [2.24, 2.45) is 0 Å². The summed E-state index contributed by atoms with van der Waals surface area (Å²) in [5.74, 6) is -0.958. The third kappa shape index (κ3) is 10.0. The van der Waals surface area contributed by atoms with Crippen LogP contribution in [0.25, 0.3) is 0 Å². The fourth-order valence-corrected chi connectivity index (χ4v) is 7.81. The molecule has 18 nitrogen and oxygen atoms in total. The van der Waals surface area contributed by atoms with E-state index in [0.29, 0.717) is 0 Å². The van der Waals surface area contributed by atoms with E-state index in [1.807, 2.05) is 0 Å². The van der Waals surface area contributed by atoms with Gasteiger partial charge in [0.2, 0.25) is 0 Å². The first kappa shape index (κ1) is 42.5. The quantitative estimate of drug-likeness (QED) is 0.224. The van der Waals surface area contributed by atoms with Crippen LogP contribution in [0, 0.1) is 0 Å². The molecule has 0 spiro atoms. The monoisotopic (exact) mass is 766 g/mol. The van der Waals surface area contributed by atoms with Crippen LogP contribution in [0.5, 0.6) is 0 Å². The van der Waals surface area contributed by atoms with Crippen molar-refractivity contribution < 1.29 is 86.5 Å². The summed E-state index contributed by atoms with van der Waals surface area (Å²) in [6.07, 6.45) is -15.1. The Hall–Kier alpha value is -1.62. The lowest BCUT2D eigenvalue weighted by molar-refractivity contribution is -0.355. The number of esters is 2. The molecule has 5 aliphatic heterocycles. The van der Waals surface area contributed by atoms with E-state index in [1.54, 1.807) is 34.6 Å². The zero-order valence-corrected chi connectivity index (χ0v) is 31.8. The first-order chi connectivity index (χ1) is 25.1. The van der Waals surface area contributed by atoms with E-state index in [-0.39, 0.29) is 31.7 Å². The molecular formula is C35H58O18. The number of aliphatic hydroxyl groups excluding tert-OH is 3. The zero-order chi connectivity index (χ0) is 38.7. The summed E-state index contributed by atoms with van der Waals surface area (Å²) < 4.78 is 76.6. The number of rotatable bonds is 12. The van der Waals surface area contributed by atoms with E-state index in [0.717, 1.165) is 0 Å². The number of hydrogen-bond donors (Lipinski definition) is 3. The molecule has 0 aromatic heterocycles. The Balaban J connectivity index is 1.13. The molecule has 5 heterocycles. The summed E-state index contributed by atoms with van der Waals surface area (Å²) >= 11 is 0. The lowest BCUT2D eigenvalue weighted by atomic mass is 9.97. The van der Waals surface area contributed by atoms with Crippen LogP contribution < -0.4 is 0 Å². The first-order valence-electron chi connectivity index (χ1n) is 18.4. The minimum Gasteiger partial charge on any atom is -0.460 e. The highest BCUT2D eigenvalue weighted by Gasteiger charge is 2.51. The Morgan fingerprint density at radius 2 is 1.08 bits per heavy atom. The Labute approximate surface area is 309 Å². The number of ether oxygens (including phenoxy) is 13. The maximum absolute atomic E-state index is 11.9. The van der Waals surface area contributed by atoms with Crippen molar-refractivity contribution in [2.45, 2.75) is 190 Å². The molecule has 0 bridgehead atoms. The molecular weight excluding hydrogens is 708 g/mol. The molecule has 5 rings (SSSR count). The van der Waals surface area contributed by atoms with Gasteiger partial charge in [0.05, 0.1) is 55.3 Å². The van der Waals surface area contributed by atoms with Gasteiger partial charge in [0.1, 0.15) is 42.7 Å². The lowest BCUT2D eigenvalue weighted by Gasteiger charge is -2.47. The Morgan fingerprint density at radius 3 is 1.57 bits per heavy atom. The van der Waals surface area contributed by atoms with Gasteiger partial charge in [-0.3, -0.25) is 9.59 Å². The summed E-state index contributed by atoms with van der Waals surface area (Å²) in [5, 5.41) is 32.9. The number of cyclic esters (lactones) is 1. The van der Waals surface area contributed by atoms with Gasteiger partial charge in [-0.15, -0.1) is 0 Å². The third-order valence-electron chi connectivity index (χ3n) is 10.6. The molecule has 0 aromatic carbocycles. The molecule has 18 heteroatoms. The van der Waals surface area contributed by atoms with E-state index >= 15 is 0 Å². The van der Waals surface area contributed by atoms with E-state index < -0.39 is 129 Å². The van der Waals surface area contributed by atoms with Gasteiger partial charge in [-0.1, -0.05) is 0 Å². The molecule has 20 atom stereocenters. The molecule has 53 heavy (non-hydrogen) atoms. The largest absolute Gasteiger partial charge is 0.460 e. The van der Waals surface area contributed by atoms with Gasteiger partial charge < -0.3 is 76.9 Å². The third-order valence-corrected chi connectivity index (χ3v) is 10.6. The van der Waals surface area contributed by atoms with Crippen molar-refractivity contribution in [3.63, 3.8) is 0 Å². The van der Waals surface area contributed by atoms with Crippen molar-refractivity contribution in [3.8, 4) is 0 Å².